The highest BCUT2D eigenvalue weighted by Crippen LogP contribution is 2.26. The van der Waals surface area contributed by atoms with E-state index in [9.17, 15) is 19.5 Å². The minimum Gasteiger partial charge on any atom is -0.494 e. The van der Waals surface area contributed by atoms with Crippen LogP contribution in [0.2, 0.25) is 0 Å². The van der Waals surface area contributed by atoms with Crippen LogP contribution < -0.4 is 15.0 Å². The van der Waals surface area contributed by atoms with Gasteiger partial charge in [-0.15, -0.1) is 0 Å². The minimum absolute atomic E-state index is 0.00139. The second-order valence-corrected chi connectivity index (χ2v) is 7.83. The number of rotatable bonds is 6. The maximum absolute atomic E-state index is 13.2. The van der Waals surface area contributed by atoms with Crippen LogP contribution in [-0.4, -0.2) is 39.2 Å². The summed E-state index contributed by atoms with van der Waals surface area (Å²) < 4.78 is 7.08. The van der Waals surface area contributed by atoms with Gasteiger partial charge in [-0.05, 0) is 80.2 Å². The fourth-order valence-corrected chi connectivity index (χ4v) is 3.93. The van der Waals surface area contributed by atoms with Gasteiger partial charge in [-0.2, -0.15) is 0 Å². The van der Waals surface area contributed by atoms with E-state index in [0.29, 0.717) is 23.6 Å². The number of carboxylic acids is 1. The number of nitrogens with zero attached hydrogens (tertiary/aromatic N) is 2. The molecule has 0 bridgehead atoms. The lowest BCUT2D eigenvalue weighted by Crippen LogP contribution is -2.54. The van der Waals surface area contributed by atoms with Crippen LogP contribution in [0.4, 0.5) is 5.69 Å². The van der Waals surface area contributed by atoms with Crippen LogP contribution in [0.15, 0.2) is 60.3 Å². The average Bonchev–Trinajstić information content (AvgIpc) is 3.20. The van der Waals surface area contributed by atoms with Gasteiger partial charge >= 0.3 is 5.97 Å². The van der Waals surface area contributed by atoms with E-state index in [1.54, 1.807) is 66.2 Å². The Morgan fingerprint density at radius 2 is 1.91 bits per heavy atom. The van der Waals surface area contributed by atoms with Gasteiger partial charge in [0, 0.05) is 17.1 Å². The third kappa shape index (κ3) is 4.22. The summed E-state index contributed by atoms with van der Waals surface area (Å²) in [5.74, 6) is -1.39. The third-order valence-electron chi connectivity index (χ3n) is 5.34. The zero-order valence-electron chi connectivity index (χ0n) is 17.9. The Kier molecular flexibility index (Phi) is 5.97. The van der Waals surface area contributed by atoms with E-state index in [-0.39, 0.29) is 10.7 Å². The lowest BCUT2D eigenvalue weighted by atomic mass is 10.1. The molecule has 9 heteroatoms. The molecule has 0 unspecified atom stereocenters. The first kappa shape index (κ1) is 22.2. The summed E-state index contributed by atoms with van der Waals surface area (Å²) in [5, 5.41) is 12.6. The number of anilines is 1. The van der Waals surface area contributed by atoms with Gasteiger partial charge in [-0.1, -0.05) is 6.07 Å². The van der Waals surface area contributed by atoms with Crippen molar-refractivity contribution in [1.29, 1.82) is 0 Å². The lowest BCUT2D eigenvalue weighted by molar-refractivity contribution is -0.140. The molecule has 0 saturated carbocycles. The first-order chi connectivity index (χ1) is 15.8. The summed E-state index contributed by atoms with van der Waals surface area (Å²) in [6.07, 6.45) is 3.20. The number of aliphatic carboxylic acids is 1. The predicted molar refractivity (Wildman–Crippen MR) is 128 cm³/mol. The van der Waals surface area contributed by atoms with Gasteiger partial charge < -0.3 is 14.4 Å². The van der Waals surface area contributed by atoms with Gasteiger partial charge in [-0.3, -0.25) is 19.8 Å². The summed E-state index contributed by atoms with van der Waals surface area (Å²) in [5.41, 5.74) is 1.81. The topological polar surface area (TPSA) is 101 Å². The highest BCUT2D eigenvalue weighted by molar-refractivity contribution is 7.80. The van der Waals surface area contributed by atoms with Crippen molar-refractivity contribution in [3.05, 3.63) is 65.9 Å². The molecule has 1 fully saturated rings. The zero-order valence-corrected chi connectivity index (χ0v) is 18.8. The van der Waals surface area contributed by atoms with Crippen molar-refractivity contribution in [3.63, 3.8) is 0 Å². The second-order valence-electron chi connectivity index (χ2n) is 7.44. The van der Waals surface area contributed by atoms with Gasteiger partial charge in [0.1, 0.15) is 17.4 Å². The largest absolute Gasteiger partial charge is 0.494 e. The fraction of sp³-hybridized carbons (Fsp3) is 0.167. The number of ether oxygens (including phenoxy) is 1. The standard InChI is InChI=1S/C24H21N3O5S/c1-3-32-18-7-5-17(6-8-18)27-22(29)19(21(28)25-24(27)33)13-15-4-9-20-16(12-15)10-11-26(20)14(2)23(30)31/h4-14H,3H2,1-2H3,(H,30,31)(H,25,28,33)/b19-13+/t14-/m1/s1. The number of aromatic nitrogens is 1. The minimum atomic E-state index is -0.937. The Balaban J connectivity index is 1.67. The van der Waals surface area contributed by atoms with Gasteiger partial charge in [0.2, 0.25) is 0 Å². The zero-order chi connectivity index (χ0) is 23.7. The van der Waals surface area contributed by atoms with Crippen LogP contribution in [0.1, 0.15) is 25.5 Å². The number of carboxylic acid groups (broad SMARTS) is 1. The summed E-state index contributed by atoms with van der Waals surface area (Å²) in [4.78, 5) is 38.4. The monoisotopic (exact) mass is 463 g/mol. The first-order valence-corrected chi connectivity index (χ1v) is 10.7. The molecule has 1 aliphatic heterocycles. The van der Waals surface area contributed by atoms with Crippen LogP contribution in [0, 0.1) is 0 Å². The van der Waals surface area contributed by atoms with E-state index in [1.165, 1.54) is 11.0 Å². The molecule has 2 aromatic carbocycles. The van der Waals surface area contributed by atoms with E-state index in [0.717, 1.165) is 10.9 Å². The summed E-state index contributed by atoms with van der Waals surface area (Å²) in [6, 6.07) is 13.2. The molecule has 2 heterocycles. The first-order valence-electron chi connectivity index (χ1n) is 10.3. The number of amides is 2. The quantitative estimate of drug-likeness (QED) is 0.330. The van der Waals surface area contributed by atoms with Crippen molar-refractivity contribution in [2.75, 3.05) is 11.5 Å². The van der Waals surface area contributed by atoms with E-state index in [2.05, 4.69) is 5.32 Å². The van der Waals surface area contributed by atoms with E-state index < -0.39 is 23.8 Å². The molecule has 0 aliphatic carbocycles. The average molecular weight is 464 g/mol. The van der Waals surface area contributed by atoms with Crippen LogP contribution in [0.5, 0.6) is 5.75 Å². The smallest absolute Gasteiger partial charge is 0.326 e. The van der Waals surface area contributed by atoms with E-state index >= 15 is 0 Å². The van der Waals surface area contributed by atoms with Gasteiger partial charge in [0.05, 0.1) is 12.3 Å². The highest BCUT2D eigenvalue weighted by atomic mass is 32.1. The Labute approximate surface area is 195 Å². The molecule has 1 atom stereocenters. The van der Waals surface area contributed by atoms with Gasteiger partial charge in [-0.25, -0.2) is 4.79 Å². The Hall–Kier alpha value is -3.98. The molecule has 168 valence electrons. The maximum Gasteiger partial charge on any atom is 0.326 e. The predicted octanol–water partition coefficient (Wildman–Crippen LogP) is 3.52. The van der Waals surface area contributed by atoms with Gasteiger partial charge in [0.15, 0.2) is 5.11 Å². The summed E-state index contributed by atoms with van der Waals surface area (Å²) in [7, 11) is 0. The summed E-state index contributed by atoms with van der Waals surface area (Å²) >= 11 is 5.24. The molecule has 3 aromatic rings. The number of benzene rings is 2. The molecule has 8 nitrogen and oxygen atoms in total. The number of fused-ring (bicyclic) bond motifs is 1. The Morgan fingerprint density at radius 1 is 1.18 bits per heavy atom. The van der Waals surface area contributed by atoms with Crippen LogP contribution in [0.25, 0.3) is 17.0 Å². The molecule has 1 aliphatic rings. The van der Waals surface area contributed by atoms with Crippen molar-refractivity contribution in [2.24, 2.45) is 0 Å². The van der Waals surface area contributed by atoms with Crippen LogP contribution in [0.3, 0.4) is 0 Å². The number of carbonyl (C=O) groups is 3. The van der Waals surface area contributed by atoms with Crippen LogP contribution >= 0.6 is 12.2 Å². The Morgan fingerprint density at radius 3 is 2.58 bits per heavy atom. The third-order valence-corrected chi connectivity index (χ3v) is 5.62. The van der Waals surface area contributed by atoms with Gasteiger partial charge in [0.25, 0.3) is 11.8 Å². The maximum atomic E-state index is 13.2. The van der Waals surface area contributed by atoms with Crippen molar-refractivity contribution in [1.82, 2.24) is 9.88 Å². The van der Waals surface area contributed by atoms with Crippen molar-refractivity contribution in [2.45, 2.75) is 19.9 Å². The fourth-order valence-electron chi connectivity index (χ4n) is 3.65. The van der Waals surface area contributed by atoms with Crippen molar-refractivity contribution < 1.29 is 24.2 Å². The number of hydrogen-bond acceptors (Lipinski definition) is 5. The molecule has 2 amide bonds. The van der Waals surface area contributed by atoms with E-state index in [4.69, 9.17) is 17.0 Å². The molecular weight excluding hydrogens is 442 g/mol. The molecule has 0 spiro atoms. The Bertz CT molecular complexity index is 1310. The van der Waals surface area contributed by atoms with E-state index in [1.807, 2.05) is 6.92 Å². The summed E-state index contributed by atoms with van der Waals surface area (Å²) in [6.45, 7) is 4.00. The molecule has 33 heavy (non-hydrogen) atoms. The molecule has 1 aromatic heterocycles. The molecule has 4 rings (SSSR count). The molecule has 0 radical (unpaired) electrons. The van der Waals surface area contributed by atoms with Crippen molar-refractivity contribution in [3.8, 4) is 5.75 Å². The number of thiocarbonyl (C=S) groups is 1. The SMILES string of the molecule is CCOc1ccc(N2C(=O)/C(=C/c3ccc4c(ccn4[C@H](C)C(=O)O)c3)C(=O)NC2=S)cc1. The lowest BCUT2D eigenvalue weighted by Gasteiger charge is -2.29. The highest BCUT2D eigenvalue weighted by Gasteiger charge is 2.34. The number of carbonyl (C=O) groups excluding carboxylic acids is 2. The second kappa shape index (κ2) is 8.87. The normalized spacial score (nSPS) is 16.2. The van der Waals surface area contributed by atoms with Crippen LogP contribution in [-0.2, 0) is 14.4 Å². The number of hydrogen-bond donors (Lipinski definition) is 2. The van der Waals surface area contributed by atoms with Crippen molar-refractivity contribution >= 4 is 57.8 Å². The molecular formula is C24H21N3O5S. The molecule has 1 saturated heterocycles. The number of nitrogens with one attached hydrogen (secondary N) is 1. The molecule has 2 N–H and O–H groups in total.